The molecule has 0 bridgehead atoms. The number of hydrogen-bond donors (Lipinski definition) is 2. The molecule has 0 radical (unpaired) electrons. The van der Waals surface area contributed by atoms with Gasteiger partial charge in [-0.25, -0.2) is 0 Å². The molecule has 90 valence electrons. The molecule has 2 nitrogen and oxygen atoms in total. The lowest BCUT2D eigenvalue weighted by Gasteiger charge is -2.19. The smallest absolute Gasteiger partial charge is 0.0192 e. The van der Waals surface area contributed by atoms with Gasteiger partial charge in [0, 0.05) is 12.1 Å². The van der Waals surface area contributed by atoms with Crippen LogP contribution in [0.25, 0.3) is 0 Å². The summed E-state index contributed by atoms with van der Waals surface area (Å²) >= 11 is 0. The summed E-state index contributed by atoms with van der Waals surface area (Å²) in [6.45, 7) is 0. The summed E-state index contributed by atoms with van der Waals surface area (Å²) in [5.74, 6) is 0. The Balaban J connectivity index is 2.24. The molecule has 4 N–H and O–H groups in total. The molecule has 1 aliphatic rings. The van der Waals surface area contributed by atoms with Crippen LogP contribution in [0.3, 0.4) is 0 Å². The summed E-state index contributed by atoms with van der Waals surface area (Å²) in [5.41, 5.74) is 12.1. The third kappa shape index (κ3) is 6.16. The van der Waals surface area contributed by atoms with Gasteiger partial charge in [-0.2, -0.15) is 0 Å². The Morgan fingerprint density at radius 3 is 1.07 bits per heavy atom. The van der Waals surface area contributed by atoms with Crippen LogP contribution in [0.5, 0.6) is 0 Å². The molecule has 2 atom stereocenters. The van der Waals surface area contributed by atoms with Crippen LogP contribution in [0.1, 0.15) is 70.6 Å². The highest BCUT2D eigenvalue weighted by molar-refractivity contribution is 4.76. The van der Waals surface area contributed by atoms with Gasteiger partial charge in [0.15, 0.2) is 0 Å². The zero-order valence-corrected chi connectivity index (χ0v) is 10.1. The predicted octanol–water partition coefficient (Wildman–Crippen LogP) is 2.95. The largest absolute Gasteiger partial charge is 0.326 e. The van der Waals surface area contributed by atoms with Crippen molar-refractivity contribution in [2.45, 2.75) is 82.7 Å². The molecule has 15 heavy (non-hydrogen) atoms. The molecular formula is C13H28N2. The summed E-state index contributed by atoms with van der Waals surface area (Å²) in [6, 6.07) is 0.483. The zero-order valence-electron chi connectivity index (χ0n) is 10.1. The van der Waals surface area contributed by atoms with Crippen LogP contribution in [0, 0.1) is 0 Å². The topological polar surface area (TPSA) is 52.0 Å². The van der Waals surface area contributed by atoms with Gasteiger partial charge in [-0.1, -0.05) is 57.8 Å². The average molecular weight is 212 g/mol. The molecule has 0 aromatic rings. The van der Waals surface area contributed by atoms with Crippen LogP contribution in [0.4, 0.5) is 0 Å². The van der Waals surface area contributed by atoms with E-state index in [1.54, 1.807) is 0 Å². The molecule has 1 aliphatic carbocycles. The Morgan fingerprint density at radius 1 is 0.467 bits per heavy atom. The van der Waals surface area contributed by atoms with Crippen molar-refractivity contribution in [3.63, 3.8) is 0 Å². The maximum absolute atomic E-state index is 6.07. The molecule has 2 heteroatoms. The molecule has 0 spiro atoms. The van der Waals surface area contributed by atoms with Crippen molar-refractivity contribution in [3.05, 3.63) is 0 Å². The SMILES string of the molecule is NC1CCCCCCCCCCCC1N. The fourth-order valence-electron chi connectivity index (χ4n) is 2.43. The van der Waals surface area contributed by atoms with E-state index in [1.165, 1.54) is 57.8 Å². The van der Waals surface area contributed by atoms with Crippen molar-refractivity contribution in [2.75, 3.05) is 0 Å². The summed E-state index contributed by atoms with van der Waals surface area (Å²) < 4.78 is 0. The van der Waals surface area contributed by atoms with Crippen LogP contribution in [-0.4, -0.2) is 12.1 Å². The number of hydrogen-bond acceptors (Lipinski definition) is 2. The van der Waals surface area contributed by atoms with E-state index in [9.17, 15) is 0 Å². The van der Waals surface area contributed by atoms with Crippen LogP contribution < -0.4 is 11.5 Å². The van der Waals surface area contributed by atoms with Crippen molar-refractivity contribution in [1.82, 2.24) is 0 Å². The number of nitrogens with two attached hydrogens (primary N) is 2. The van der Waals surface area contributed by atoms with Crippen LogP contribution in [-0.2, 0) is 0 Å². The van der Waals surface area contributed by atoms with Crippen LogP contribution in [0.15, 0.2) is 0 Å². The summed E-state index contributed by atoms with van der Waals surface area (Å²) in [4.78, 5) is 0. The first-order valence-corrected chi connectivity index (χ1v) is 6.82. The Bertz CT molecular complexity index is 131. The van der Waals surface area contributed by atoms with Gasteiger partial charge < -0.3 is 11.5 Å². The van der Waals surface area contributed by atoms with E-state index in [0.29, 0.717) is 0 Å². The summed E-state index contributed by atoms with van der Waals surface area (Å²) in [6.07, 6.45) is 14.5. The third-order valence-electron chi connectivity index (χ3n) is 3.62. The minimum atomic E-state index is 0.241. The molecule has 0 aliphatic heterocycles. The van der Waals surface area contributed by atoms with Gasteiger partial charge in [0.1, 0.15) is 0 Å². The Hall–Kier alpha value is -0.0800. The first-order valence-electron chi connectivity index (χ1n) is 6.82. The third-order valence-corrected chi connectivity index (χ3v) is 3.62. The summed E-state index contributed by atoms with van der Waals surface area (Å²) in [5, 5.41) is 0. The highest BCUT2D eigenvalue weighted by atomic mass is 14.8. The Morgan fingerprint density at radius 2 is 0.733 bits per heavy atom. The van der Waals surface area contributed by atoms with Gasteiger partial charge in [0.05, 0.1) is 0 Å². The molecule has 1 saturated carbocycles. The lowest BCUT2D eigenvalue weighted by atomic mass is 9.98. The standard InChI is InChI=1S/C13H28N2/c14-12-10-8-6-4-2-1-3-5-7-9-11-13(12)15/h12-13H,1-11,14-15H2. The average Bonchev–Trinajstić information content (AvgIpc) is 2.25. The van der Waals surface area contributed by atoms with Crippen molar-refractivity contribution >= 4 is 0 Å². The van der Waals surface area contributed by atoms with E-state index in [2.05, 4.69) is 0 Å². The highest BCUT2D eigenvalue weighted by Crippen LogP contribution is 2.15. The maximum Gasteiger partial charge on any atom is 0.0192 e. The van der Waals surface area contributed by atoms with Crippen molar-refractivity contribution in [3.8, 4) is 0 Å². The van der Waals surface area contributed by atoms with Gasteiger partial charge in [0.25, 0.3) is 0 Å². The fourth-order valence-corrected chi connectivity index (χ4v) is 2.43. The van der Waals surface area contributed by atoms with E-state index in [-0.39, 0.29) is 12.1 Å². The Labute approximate surface area is 94.8 Å². The molecule has 2 unspecified atom stereocenters. The second-order valence-corrected chi connectivity index (χ2v) is 5.09. The van der Waals surface area contributed by atoms with Gasteiger partial charge in [0.2, 0.25) is 0 Å². The monoisotopic (exact) mass is 212 g/mol. The maximum atomic E-state index is 6.07. The van der Waals surface area contributed by atoms with Gasteiger partial charge >= 0.3 is 0 Å². The first-order chi connectivity index (χ1) is 7.30. The van der Waals surface area contributed by atoms with Crippen molar-refractivity contribution in [2.24, 2.45) is 11.5 Å². The summed E-state index contributed by atoms with van der Waals surface area (Å²) in [7, 11) is 0. The van der Waals surface area contributed by atoms with Gasteiger partial charge in [-0.3, -0.25) is 0 Å². The lowest BCUT2D eigenvalue weighted by Crippen LogP contribution is -2.41. The van der Waals surface area contributed by atoms with Crippen LogP contribution >= 0.6 is 0 Å². The predicted molar refractivity (Wildman–Crippen MR) is 66.7 cm³/mol. The Kier molecular flexibility index (Phi) is 7.03. The van der Waals surface area contributed by atoms with Gasteiger partial charge in [-0.05, 0) is 12.8 Å². The molecular weight excluding hydrogens is 184 g/mol. The van der Waals surface area contributed by atoms with E-state index in [1.807, 2.05) is 0 Å². The van der Waals surface area contributed by atoms with Crippen molar-refractivity contribution < 1.29 is 0 Å². The van der Waals surface area contributed by atoms with Crippen LogP contribution in [0.2, 0.25) is 0 Å². The molecule has 1 fully saturated rings. The zero-order chi connectivity index (χ0) is 10.9. The molecule has 0 saturated heterocycles. The fraction of sp³-hybridized carbons (Fsp3) is 1.00. The molecule has 1 rings (SSSR count). The second-order valence-electron chi connectivity index (χ2n) is 5.09. The van der Waals surface area contributed by atoms with Gasteiger partial charge in [-0.15, -0.1) is 0 Å². The lowest BCUT2D eigenvalue weighted by molar-refractivity contribution is 0.437. The minimum Gasteiger partial charge on any atom is -0.326 e. The van der Waals surface area contributed by atoms with E-state index in [4.69, 9.17) is 11.5 Å². The van der Waals surface area contributed by atoms with E-state index >= 15 is 0 Å². The quantitative estimate of drug-likeness (QED) is 0.648. The molecule has 0 aromatic heterocycles. The minimum absolute atomic E-state index is 0.241. The molecule has 0 aromatic carbocycles. The normalized spacial score (nSPS) is 32.4. The highest BCUT2D eigenvalue weighted by Gasteiger charge is 2.12. The number of rotatable bonds is 0. The van der Waals surface area contributed by atoms with Crippen molar-refractivity contribution in [1.29, 1.82) is 0 Å². The van der Waals surface area contributed by atoms with E-state index in [0.717, 1.165) is 12.8 Å². The van der Waals surface area contributed by atoms with E-state index < -0.39 is 0 Å². The molecule has 0 amide bonds. The first kappa shape index (κ1) is 13.0. The second kappa shape index (κ2) is 8.12. The molecule has 0 heterocycles.